The monoisotopic (exact) mass is 256 g/mol. The molecular formula is C12H16O4S. The van der Waals surface area contributed by atoms with Crippen molar-refractivity contribution in [3.8, 4) is 0 Å². The second-order valence-corrected chi connectivity index (χ2v) is 5.97. The van der Waals surface area contributed by atoms with E-state index >= 15 is 0 Å². The Labute approximate surface area is 101 Å². The summed E-state index contributed by atoms with van der Waals surface area (Å²) >= 11 is 0. The van der Waals surface area contributed by atoms with Crippen LogP contribution in [0.25, 0.3) is 0 Å². The van der Waals surface area contributed by atoms with Crippen LogP contribution in [0.5, 0.6) is 0 Å². The lowest BCUT2D eigenvalue weighted by Gasteiger charge is -2.04. The SMILES string of the molecule is CCCS(=O)(=O)c1ccc(CCC(=O)O)cc1. The molecule has 0 bridgehead atoms. The maximum atomic E-state index is 11.7. The smallest absolute Gasteiger partial charge is 0.303 e. The molecule has 1 aromatic carbocycles. The molecule has 0 fully saturated rings. The summed E-state index contributed by atoms with van der Waals surface area (Å²) in [5.74, 6) is -0.714. The quantitative estimate of drug-likeness (QED) is 0.843. The van der Waals surface area contributed by atoms with Crippen LogP contribution in [0.2, 0.25) is 0 Å². The van der Waals surface area contributed by atoms with Gasteiger partial charge in [-0.3, -0.25) is 4.79 Å². The van der Waals surface area contributed by atoms with E-state index in [9.17, 15) is 13.2 Å². The highest BCUT2D eigenvalue weighted by Gasteiger charge is 2.12. The van der Waals surface area contributed by atoms with E-state index < -0.39 is 15.8 Å². The van der Waals surface area contributed by atoms with Gasteiger partial charge in [-0.05, 0) is 30.5 Å². The van der Waals surface area contributed by atoms with Gasteiger partial charge in [0.25, 0.3) is 0 Å². The molecule has 0 aliphatic carbocycles. The first-order chi connectivity index (χ1) is 7.95. The Morgan fingerprint density at radius 2 is 1.82 bits per heavy atom. The van der Waals surface area contributed by atoms with Crippen molar-refractivity contribution < 1.29 is 18.3 Å². The lowest BCUT2D eigenvalue weighted by Crippen LogP contribution is -2.06. The van der Waals surface area contributed by atoms with E-state index in [-0.39, 0.29) is 12.2 Å². The molecule has 0 saturated carbocycles. The number of aliphatic carboxylic acids is 1. The van der Waals surface area contributed by atoms with E-state index in [2.05, 4.69) is 0 Å². The van der Waals surface area contributed by atoms with E-state index in [0.29, 0.717) is 17.7 Å². The fraction of sp³-hybridized carbons (Fsp3) is 0.417. The van der Waals surface area contributed by atoms with Gasteiger partial charge in [0.2, 0.25) is 0 Å². The first kappa shape index (κ1) is 13.7. The largest absolute Gasteiger partial charge is 0.481 e. The van der Waals surface area contributed by atoms with Crippen molar-refractivity contribution in [2.45, 2.75) is 31.1 Å². The van der Waals surface area contributed by atoms with E-state index in [0.717, 1.165) is 5.56 Å². The molecule has 0 aliphatic rings. The van der Waals surface area contributed by atoms with Crippen LogP contribution in [0.1, 0.15) is 25.3 Å². The lowest BCUT2D eigenvalue weighted by atomic mass is 10.1. The van der Waals surface area contributed by atoms with Gasteiger partial charge in [-0.1, -0.05) is 19.1 Å². The minimum absolute atomic E-state index is 0.0566. The van der Waals surface area contributed by atoms with Crippen LogP contribution in [-0.2, 0) is 21.1 Å². The molecule has 1 rings (SSSR count). The maximum Gasteiger partial charge on any atom is 0.303 e. The topological polar surface area (TPSA) is 71.4 Å². The minimum Gasteiger partial charge on any atom is -0.481 e. The molecule has 0 radical (unpaired) electrons. The van der Waals surface area contributed by atoms with Gasteiger partial charge in [0, 0.05) is 6.42 Å². The van der Waals surface area contributed by atoms with Crippen molar-refractivity contribution in [2.24, 2.45) is 0 Å². The Bertz CT molecular complexity index is 474. The lowest BCUT2D eigenvalue weighted by molar-refractivity contribution is -0.136. The Kier molecular flexibility index (Phi) is 4.69. The average molecular weight is 256 g/mol. The fourth-order valence-electron chi connectivity index (χ4n) is 1.50. The molecule has 0 heterocycles. The summed E-state index contributed by atoms with van der Waals surface area (Å²) in [7, 11) is -3.17. The van der Waals surface area contributed by atoms with Crippen molar-refractivity contribution in [2.75, 3.05) is 5.75 Å². The molecule has 4 nitrogen and oxygen atoms in total. The van der Waals surface area contributed by atoms with E-state index in [4.69, 9.17) is 5.11 Å². The molecule has 0 amide bonds. The normalized spacial score (nSPS) is 11.4. The van der Waals surface area contributed by atoms with Crippen LogP contribution < -0.4 is 0 Å². The highest BCUT2D eigenvalue weighted by atomic mass is 32.2. The van der Waals surface area contributed by atoms with E-state index in [1.54, 1.807) is 24.3 Å². The molecular weight excluding hydrogens is 240 g/mol. The highest BCUT2D eigenvalue weighted by Crippen LogP contribution is 2.14. The zero-order valence-electron chi connectivity index (χ0n) is 9.72. The Morgan fingerprint density at radius 3 is 2.29 bits per heavy atom. The van der Waals surface area contributed by atoms with E-state index in [1.165, 1.54) is 0 Å². The number of carboxylic acid groups (broad SMARTS) is 1. The first-order valence-corrected chi connectivity index (χ1v) is 7.14. The van der Waals surface area contributed by atoms with Gasteiger partial charge in [-0.2, -0.15) is 0 Å². The molecule has 0 atom stereocenters. The van der Waals surface area contributed by atoms with Gasteiger partial charge in [0.15, 0.2) is 9.84 Å². The third kappa shape index (κ3) is 4.19. The van der Waals surface area contributed by atoms with Crippen molar-refractivity contribution in [3.05, 3.63) is 29.8 Å². The summed E-state index contributed by atoms with van der Waals surface area (Å²) in [5, 5.41) is 8.53. The van der Waals surface area contributed by atoms with Crippen molar-refractivity contribution in [1.29, 1.82) is 0 Å². The Hall–Kier alpha value is -1.36. The van der Waals surface area contributed by atoms with Crippen LogP contribution >= 0.6 is 0 Å². The predicted octanol–water partition coefficient (Wildman–Crippen LogP) is 1.89. The number of carboxylic acids is 1. The molecule has 0 unspecified atom stereocenters. The third-order valence-corrected chi connectivity index (χ3v) is 4.32. The summed E-state index contributed by atoms with van der Waals surface area (Å²) in [4.78, 5) is 10.7. The maximum absolute atomic E-state index is 11.7. The van der Waals surface area contributed by atoms with Gasteiger partial charge in [0.1, 0.15) is 0 Å². The molecule has 17 heavy (non-hydrogen) atoms. The summed E-state index contributed by atoms with van der Waals surface area (Å²) < 4.78 is 23.4. The van der Waals surface area contributed by atoms with Crippen LogP contribution in [0.3, 0.4) is 0 Å². The summed E-state index contributed by atoms with van der Waals surface area (Å²) in [6.07, 6.45) is 1.06. The number of hydrogen-bond acceptors (Lipinski definition) is 3. The van der Waals surface area contributed by atoms with Crippen LogP contribution in [0.4, 0.5) is 0 Å². The van der Waals surface area contributed by atoms with Gasteiger partial charge in [0.05, 0.1) is 10.6 Å². The van der Waals surface area contributed by atoms with Gasteiger partial charge >= 0.3 is 5.97 Å². The minimum atomic E-state index is -3.17. The molecule has 5 heteroatoms. The van der Waals surface area contributed by atoms with Gasteiger partial charge < -0.3 is 5.11 Å². The number of rotatable bonds is 6. The predicted molar refractivity (Wildman–Crippen MR) is 64.7 cm³/mol. The molecule has 0 saturated heterocycles. The van der Waals surface area contributed by atoms with Crippen molar-refractivity contribution in [1.82, 2.24) is 0 Å². The first-order valence-electron chi connectivity index (χ1n) is 5.49. The highest BCUT2D eigenvalue weighted by molar-refractivity contribution is 7.91. The van der Waals surface area contributed by atoms with Crippen LogP contribution in [0, 0.1) is 0 Å². The Morgan fingerprint density at radius 1 is 1.24 bits per heavy atom. The van der Waals surface area contributed by atoms with Gasteiger partial charge in [-0.15, -0.1) is 0 Å². The number of aryl methyl sites for hydroxylation is 1. The molecule has 0 aliphatic heterocycles. The number of carbonyl (C=O) groups is 1. The number of sulfone groups is 1. The molecule has 1 N–H and O–H groups in total. The molecule has 1 aromatic rings. The second kappa shape index (κ2) is 5.82. The third-order valence-electron chi connectivity index (χ3n) is 2.38. The molecule has 94 valence electrons. The average Bonchev–Trinajstić information content (AvgIpc) is 2.27. The number of benzene rings is 1. The van der Waals surface area contributed by atoms with Crippen molar-refractivity contribution >= 4 is 15.8 Å². The summed E-state index contributed by atoms with van der Waals surface area (Å²) in [6.45, 7) is 1.82. The van der Waals surface area contributed by atoms with Gasteiger partial charge in [-0.25, -0.2) is 8.42 Å². The summed E-state index contributed by atoms with van der Waals surface area (Å²) in [5.41, 5.74) is 0.836. The van der Waals surface area contributed by atoms with Crippen molar-refractivity contribution in [3.63, 3.8) is 0 Å². The number of hydrogen-bond donors (Lipinski definition) is 1. The second-order valence-electron chi connectivity index (χ2n) is 3.86. The molecule has 0 spiro atoms. The zero-order chi connectivity index (χ0) is 12.9. The zero-order valence-corrected chi connectivity index (χ0v) is 10.5. The van der Waals surface area contributed by atoms with E-state index in [1.807, 2.05) is 6.92 Å². The molecule has 0 aromatic heterocycles. The van der Waals surface area contributed by atoms with Crippen LogP contribution in [-0.4, -0.2) is 25.2 Å². The standard InChI is InChI=1S/C12H16O4S/c1-2-9-17(15,16)11-6-3-10(4-7-11)5-8-12(13)14/h3-4,6-7H,2,5,8-9H2,1H3,(H,13,14). The fourth-order valence-corrected chi connectivity index (χ4v) is 2.83. The Balaban J connectivity index is 2.78. The summed E-state index contributed by atoms with van der Waals surface area (Å²) in [6, 6.07) is 6.43. The van der Waals surface area contributed by atoms with Crippen LogP contribution in [0.15, 0.2) is 29.2 Å².